The zero-order valence-corrected chi connectivity index (χ0v) is 17.7. The molecule has 152 valence electrons. The predicted octanol–water partition coefficient (Wildman–Crippen LogP) is 4.46. The van der Waals surface area contributed by atoms with Crippen LogP contribution in [0.5, 0.6) is 0 Å². The second-order valence-electron chi connectivity index (χ2n) is 8.12. The molecule has 1 saturated heterocycles. The smallest absolute Gasteiger partial charge is 0.260 e. The molecule has 5 rings (SSSR count). The van der Waals surface area contributed by atoms with Crippen molar-refractivity contribution in [3.63, 3.8) is 0 Å². The van der Waals surface area contributed by atoms with Crippen LogP contribution in [0.3, 0.4) is 0 Å². The highest BCUT2D eigenvalue weighted by atomic mass is 35.5. The average Bonchev–Trinajstić information content (AvgIpc) is 3.64. The monoisotopic (exact) mass is 430 g/mol. The van der Waals surface area contributed by atoms with E-state index in [2.05, 4.69) is 14.8 Å². The molecule has 0 spiro atoms. The summed E-state index contributed by atoms with van der Waals surface area (Å²) in [5, 5.41) is 10.0. The summed E-state index contributed by atoms with van der Waals surface area (Å²) in [6.07, 6.45) is 7.18. The molecule has 2 aliphatic carbocycles. The molecule has 1 aliphatic heterocycles. The molecular weight excluding hydrogens is 408 g/mol. The molecule has 0 bridgehead atoms. The van der Waals surface area contributed by atoms with Gasteiger partial charge >= 0.3 is 0 Å². The maximum Gasteiger partial charge on any atom is 0.260 e. The molecule has 29 heavy (non-hydrogen) atoms. The van der Waals surface area contributed by atoms with E-state index in [-0.39, 0.29) is 17.1 Å². The van der Waals surface area contributed by atoms with E-state index in [1.807, 2.05) is 0 Å². The first kappa shape index (κ1) is 19.1. The number of carbonyl (C=O) groups is 2. The van der Waals surface area contributed by atoms with Crippen molar-refractivity contribution in [2.45, 2.75) is 67.3 Å². The highest BCUT2D eigenvalue weighted by Crippen LogP contribution is 2.46. The Morgan fingerprint density at radius 1 is 1.03 bits per heavy atom. The van der Waals surface area contributed by atoms with Crippen LogP contribution in [0.4, 0.5) is 0 Å². The van der Waals surface area contributed by atoms with Crippen LogP contribution < -0.4 is 0 Å². The number of rotatable bonds is 5. The number of nitrogens with zero attached hydrogens (tertiary/aromatic N) is 4. The Labute approximate surface area is 179 Å². The summed E-state index contributed by atoms with van der Waals surface area (Å²) < 4.78 is 2.27. The number of thioether (sulfide) groups is 1. The number of benzene rings is 1. The third-order valence-electron chi connectivity index (χ3n) is 5.77. The Bertz CT molecular complexity index is 937. The minimum atomic E-state index is -0.303. The van der Waals surface area contributed by atoms with Crippen molar-refractivity contribution in [2.24, 2.45) is 0 Å². The number of amides is 2. The van der Waals surface area contributed by atoms with E-state index in [1.54, 1.807) is 24.3 Å². The number of aromatic nitrogens is 3. The summed E-state index contributed by atoms with van der Waals surface area (Å²) in [4.78, 5) is 27.7. The highest BCUT2D eigenvalue weighted by molar-refractivity contribution is 8.00. The van der Waals surface area contributed by atoms with Crippen molar-refractivity contribution in [1.29, 1.82) is 0 Å². The highest BCUT2D eigenvalue weighted by Gasteiger charge is 2.39. The summed E-state index contributed by atoms with van der Waals surface area (Å²) in [6.45, 7) is 0.458. The van der Waals surface area contributed by atoms with Gasteiger partial charge in [0.1, 0.15) is 5.82 Å². The van der Waals surface area contributed by atoms with E-state index >= 15 is 0 Å². The van der Waals surface area contributed by atoms with Crippen molar-refractivity contribution < 1.29 is 9.59 Å². The molecule has 0 radical (unpaired) electrons. The first-order chi connectivity index (χ1) is 14.1. The second-order valence-corrected chi connectivity index (χ2v) is 9.73. The number of hydrogen-bond donors (Lipinski definition) is 0. The lowest BCUT2D eigenvalue weighted by Gasteiger charge is -2.22. The van der Waals surface area contributed by atoms with Crippen molar-refractivity contribution in [3.8, 4) is 0 Å². The van der Waals surface area contributed by atoms with Gasteiger partial charge in [-0.25, -0.2) is 0 Å². The molecular formula is C21H23ClN4O2S. The maximum atomic E-state index is 13.3. The van der Waals surface area contributed by atoms with Crippen molar-refractivity contribution in [3.05, 3.63) is 40.7 Å². The Kier molecular flexibility index (Phi) is 5.12. The van der Waals surface area contributed by atoms with Gasteiger partial charge in [-0.15, -0.1) is 10.2 Å². The van der Waals surface area contributed by atoms with Crippen LogP contribution in [0.1, 0.15) is 73.1 Å². The molecule has 1 aromatic carbocycles. The van der Waals surface area contributed by atoms with Crippen LogP contribution >= 0.6 is 23.4 Å². The number of imide groups is 1. The Hall–Kier alpha value is -1.86. The van der Waals surface area contributed by atoms with Gasteiger partial charge in [-0.2, -0.15) is 0 Å². The molecule has 2 aromatic rings. The van der Waals surface area contributed by atoms with E-state index in [0.29, 0.717) is 29.1 Å². The SMILES string of the molecule is O=C(c1ccc(Cl)cc1)N1CCCC[C@H](Sc2nnc(C3CC3)n2C2CC2)C1=O. The van der Waals surface area contributed by atoms with Gasteiger partial charge in [-0.1, -0.05) is 29.8 Å². The van der Waals surface area contributed by atoms with E-state index < -0.39 is 0 Å². The van der Waals surface area contributed by atoms with Crippen LogP contribution in [0.15, 0.2) is 29.4 Å². The fourth-order valence-electron chi connectivity index (χ4n) is 3.86. The average molecular weight is 431 g/mol. The standard InChI is InChI=1S/C21H23ClN4O2S/c22-15-8-6-14(7-9-15)19(27)25-12-2-1-3-17(20(25)28)29-21-24-23-18(13-4-5-13)26(21)16-10-11-16/h6-9,13,16-17H,1-5,10-12H2/t17-/m0/s1. The van der Waals surface area contributed by atoms with Gasteiger partial charge in [-0.05, 0) is 62.8 Å². The van der Waals surface area contributed by atoms with Crippen LogP contribution in [0.2, 0.25) is 5.02 Å². The zero-order valence-electron chi connectivity index (χ0n) is 16.1. The zero-order chi connectivity index (χ0) is 20.0. The van der Waals surface area contributed by atoms with Crippen LogP contribution in [-0.2, 0) is 4.79 Å². The van der Waals surface area contributed by atoms with Gasteiger partial charge < -0.3 is 4.57 Å². The molecule has 2 saturated carbocycles. The number of carbonyl (C=O) groups excluding carboxylic acids is 2. The van der Waals surface area contributed by atoms with Crippen LogP contribution in [-0.4, -0.2) is 43.3 Å². The second kappa shape index (κ2) is 7.76. The Morgan fingerprint density at radius 2 is 1.79 bits per heavy atom. The molecule has 3 aliphatic rings. The van der Waals surface area contributed by atoms with Crippen molar-refractivity contribution in [2.75, 3.05) is 6.54 Å². The summed E-state index contributed by atoms with van der Waals surface area (Å²) >= 11 is 7.42. The Morgan fingerprint density at radius 3 is 2.48 bits per heavy atom. The summed E-state index contributed by atoms with van der Waals surface area (Å²) in [5.41, 5.74) is 0.491. The first-order valence-electron chi connectivity index (χ1n) is 10.3. The molecule has 1 aromatic heterocycles. The summed E-state index contributed by atoms with van der Waals surface area (Å²) in [7, 11) is 0. The van der Waals surface area contributed by atoms with Gasteiger partial charge in [0.2, 0.25) is 5.91 Å². The molecule has 3 fully saturated rings. The van der Waals surface area contributed by atoms with Crippen LogP contribution in [0, 0.1) is 0 Å². The largest absolute Gasteiger partial charge is 0.303 e. The van der Waals surface area contributed by atoms with Gasteiger partial charge in [-0.3, -0.25) is 14.5 Å². The molecule has 6 nitrogen and oxygen atoms in total. The first-order valence-corrected chi connectivity index (χ1v) is 11.6. The maximum absolute atomic E-state index is 13.3. The molecule has 0 N–H and O–H groups in total. The topological polar surface area (TPSA) is 68.1 Å². The fourth-order valence-corrected chi connectivity index (χ4v) is 5.20. The third-order valence-corrected chi connectivity index (χ3v) is 7.23. The van der Waals surface area contributed by atoms with E-state index in [4.69, 9.17) is 11.6 Å². The lowest BCUT2D eigenvalue weighted by atomic mass is 10.2. The van der Waals surface area contributed by atoms with Crippen molar-refractivity contribution in [1.82, 2.24) is 19.7 Å². The van der Waals surface area contributed by atoms with Gasteiger partial charge in [0.05, 0.1) is 5.25 Å². The van der Waals surface area contributed by atoms with E-state index in [9.17, 15) is 9.59 Å². The summed E-state index contributed by atoms with van der Waals surface area (Å²) in [6, 6.07) is 7.20. The molecule has 2 amide bonds. The lowest BCUT2D eigenvalue weighted by Crippen LogP contribution is -2.41. The third kappa shape index (κ3) is 3.94. The molecule has 1 atom stereocenters. The fraction of sp³-hybridized carbons (Fsp3) is 0.524. The molecule has 2 heterocycles. The predicted molar refractivity (Wildman–Crippen MR) is 111 cm³/mol. The molecule has 8 heteroatoms. The van der Waals surface area contributed by atoms with Crippen LogP contribution in [0.25, 0.3) is 0 Å². The Balaban J connectivity index is 1.37. The minimum Gasteiger partial charge on any atom is -0.303 e. The quantitative estimate of drug-likeness (QED) is 0.655. The lowest BCUT2D eigenvalue weighted by molar-refractivity contribution is -0.127. The number of halogens is 1. The van der Waals surface area contributed by atoms with Gasteiger partial charge in [0.15, 0.2) is 5.16 Å². The van der Waals surface area contributed by atoms with E-state index in [1.165, 1.54) is 29.5 Å². The molecule has 0 unspecified atom stereocenters. The van der Waals surface area contributed by atoms with E-state index in [0.717, 1.165) is 43.1 Å². The van der Waals surface area contributed by atoms with Gasteiger partial charge in [0, 0.05) is 29.1 Å². The minimum absolute atomic E-state index is 0.120. The number of likely N-dealkylation sites (tertiary alicyclic amines) is 1. The normalized spacial score (nSPS) is 22.6. The van der Waals surface area contributed by atoms with Gasteiger partial charge in [0.25, 0.3) is 5.91 Å². The van der Waals surface area contributed by atoms with Crippen molar-refractivity contribution >= 4 is 35.2 Å². The summed E-state index contributed by atoms with van der Waals surface area (Å²) in [5.74, 6) is 1.25. The number of hydrogen-bond acceptors (Lipinski definition) is 5.